The number of benzene rings is 2. The Morgan fingerprint density at radius 1 is 1.20 bits per heavy atom. The number of likely N-dealkylation sites (tertiary alicyclic amines) is 1. The number of methoxy groups -OCH3 is 1. The molecule has 6 nitrogen and oxygen atoms in total. The van der Waals surface area contributed by atoms with Gasteiger partial charge in [-0.05, 0) is 62.2 Å². The molecule has 0 radical (unpaired) electrons. The normalized spacial score (nSPS) is 19.4. The Labute approximate surface area is 176 Å². The van der Waals surface area contributed by atoms with Gasteiger partial charge in [-0.3, -0.25) is 9.69 Å². The van der Waals surface area contributed by atoms with Gasteiger partial charge in [-0.25, -0.2) is 4.98 Å². The highest BCUT2D eigenvalue weighted by Crippen LogP contribution is 2.35. The zero-order chi connectivity index (χ0) is 20.9. The number of carbonyl (C=O) groups is 1. The number of piperidine rings is 1. The Morgan fingerprint density at radius 3 is 2.63 bits per heavy atom. The molecule has 1 fully saturated rings. The molecule has 2 aromatic carbocycles. The highest BCUT2D eigenvalue weighted by Gasteiger charge is 2.30. The minimum Gasteiger partial charge on any atom is -0.497 e. The molecule has 0 spiro atoms. The van der Waals surface area contributed by atoms with Crippen LogP contribution in [0, 0.1) is 5.92 Å². The summed E-state index contributed by atoms with van der Waals surface area (Å²) in [6.07, 6.45) is 5.28. The first-order chi connectivity index (χ1) is 14.7. The van der Waals surface area contributed by atoms with E-state index in [1.54, 1.807) is 13.3 Å². The van der Waals surface area contributed by atoms with Gasteiger partial charge in [-0.2, -0.15) is 0 Å². The Hall–Kier alpha value is -3.12. The molecule has 4 rings (SSSR count). The first-order valence-electron chi connectivity index (χ1n) is 10.3. The highest BCUT2D eigenvalue weighted by atomic mass is 16.5. The second-order valence-corrected chi connectivity index (χ2v) is 7.75. The predicted octanol–water partition coefficient (Wildman–Crippen LogP) is 4.16. The van der Waals surface area contributed by atoms with Gasteiger partial charge in [0.25, 0.3) is 5.91 Å². The summed E-state index contributed by atoms with van der Waals surface area (Å²) in [4.78, 5) is 19.0. The molecule has 2 atom stereocenters. The van der Waals surface area contributed by atoms with Crippen molar-refractivity contribution in [3.63, 3.8) is 0 Å². The van der Waals surface area contributed by atoms with Gasteiger partial charge in [-0.1, -0.05) is 24.3 Å². The molecule has 6 heteroatoms. The van der Waals surface area contributed by atoms with Crippen molar-refractivity contribution in [3.8, 4) is 17.1 Å². The van der Waals surface area contributed by atoms with Crippen LogP contribution in [0.5, 0.6) is 5.75 Å². The van der Waals surface area contributed by atoms with E-state index in [9.17, 15) is 4.79 Å². The largest absolute Gasteiger partial charge is 0.497 e. The lowest BCUT2D eigenvalue weighted by Gasteiger charge is -2.39. The Balaban J connectivity index is 1.42. The summed E-state index contributed by atoms with van der Waals surface area (Å²) in [5.74, 6) is 1.85. The van der Waals surface area contributed by atoms with Crippen LogP contribution in [0.4, 0.5) is 0 Å². The first kappa shape index (κ1) is 20.2. The van der Waals surface area contributed by atoms with E-state index in [0.717, 1.165) is 30.7 Å². The zero-order valence-electron chi connectivity index (χ0n) is 17.4. The average Bonchev–Trinajstić information content (AvgIpc) is 3.33. The molecule has 0 saturated carbocycles. The summed E-state index contributed by atoms with van der Waals surface area (Å²) in [5, 5.41) is 3.14. The van der Waals surface area contributed by atoms with E-state index in [1.807, 2.05) is 36.4 Å². The topological polar surface area (TPSA) is 67.6 Å². The van der Waals surface area contributed by atoms with Crippen molar-refractivity contribution < 1.29 is 13.9 Å². The summed E-state index contributed by atoms with van der Waals surface area (Å²) in [7, 11) is 3.84. The van der Waals surface area contributed by atoms with E-state index in [1.165, 1.54) is 12.0 Å². The molecule has 156 valence electrons. The van der Waals surface area contributed by atoms with E-state index < -0.39 is 0 Å². The van der Waals surface area contributed by atoms with Crippen LogP contribution in [0.2, 0.25) is 0 Å². The van der Waals surface area contributed by atoms with Crippen LogP contribution in [0.3, 0.4) is 0 Å². The fraction of sp³-hybridized carbons (Fsp3) is 0.333. The van der Waals surface area contributed by atoms with Crippen molar-refractivity contribution in [3.05, 3.63) is 72.2 Å². The predicted molar refractivity (Wildman–Crippen MR) is 115 cm³/mol. The smallest absolute Gasteiger partial charge is 0.251 e. The number of hydrogen-bond donors (Lipinski definition) is 1. The molecule has 1 N–H and O–H groups in total. The zero-order valence-corrected chi connectivity index (χ0v) is 17.4. The standard InChI is InChI=1S/C24H27N3O3/c1-27-13-3-4-20(23(27)18-9-11-21(29-2)12-10-18)14-26-24(28)19-7-5-17(6-8-19)22-15-25-16-30-22/h5-12,15-16,20,23H,3-4,13-14H2,1-2H3,(H,26,28). The van der Waals surface area contributed by atoms with Crippen molar-refractivity contribution in [1.82, 2.24) is 15.2 Å². The van der Waals surface area contributed by atoms with Crippen molar-refractivity contribution >= 4 is 5.91 Å². The van der Waals surface area contributed by atoms with Gasteiger partial charge in [0.05, 0.1) is 13.3 Å². The second-order valence-electron chi connectivity index (χ2n) is 7.75. The number of carbonyl (C=O) groups excluding carboxylic acids is 1. The van der Waals surface area contributed by atoms with Crippen LogP contribution in [0.15, 0.2) is 65.5 Å². The molecule has 0 bridgehead atoms. The fourth-order valence-electron chi connectivity index (χ4n) is 4.27. The third kappa shape index (κ3) is 4.39. The minimum absolute atomic E-state index is 0.0548. The number of aromatic nitrogens is 1. The van der Waals surface area contributed by atoms with Gasteiger partial charge >= 0.3 is 0 Å². The molecule has 1 saturated heterocycles. The summed E-state index contributed by atoms with van der Waals surface area (Å²) < 4.78 is 10.6. The van der Waals surface area contributed by atoms with Gasteiger partial charge in [0.1, 0.15) is 5.75 Å². The molecule has 0 aliphatic carbocycles. The number of amides is 1. The molecule has 1 aliphatic rings. The van der Waals surface area contributed by atoms with Crippen molar-refractivity contribution in [2.24, 2.45) is 5.92 Å². The maximum Gasteiger partial charge on any atom is 0.251 e. The molecule has 2 unspecified atom stereocenters. The van der Waals surface area contributed by atoms with Crippen LogP contribution in [-0.4, -0.2) is 43.0 Å². The quantitative estimate of drug-likeness (QED) is 0.667. The van der Waals surface area contributed by atoms with Gasteiger partial charge in [0, 0.05) is 23.7 Å². The first-order valence-corrected chi connectivity index (χ1v) is 10.3. The van der Waals surface area contributed by atoms with Gasteiger partial charge in [0.2, 0.25) is 0 Å². The number of nitrogens with one attached hydrogen (secondary N) is 1. The van der Waals surface area contributed by atoms with Crippen LogP contribution in [-0.2, 0) is 0 Å². The molecule has 1 aromatic heterocycles. The molecule has 2 heterocycles. The maximum absolute atomic E-state index is 12.7. The third-order valence-corrected chi connectivity index (χ3v) is 5.85. The molecular weight excluding hydrogens is 378 g/mol. The third-order valence-electron chi connectivity index (χ3n) is 5.85. The highest BCUT2D eigenvalue weighted by molar-refractivity contribution is 5.94. The minimum atomic E-state index is -0.0548. The molecule has 1 aliphatic heterocycles. The van der Waals surface area contributed by atoms with Gasteiger partial charge in [-0.15, -0.1) is 0 Å². The number of oxazole rings is 1. The maximum atomic E-state index is 12.7. The summed E-state index contributed by atoms with van der Waals surface area (Å²) in [5.41, 5.74) is 2.80. The van der Waals surface area contributed by atoms with Crippen molar-refractivity contribution in [2.45, 2.75) is 18.9 Å². The molecular formula is C24H27N3O3. The van der Waals surface area contributed by atoms with Gasteiger partial charge in [0.15, 0.2) is 12.2 Å². The van der Waals surface area contributed by atoms with Crippen LogP contribution in [0.25, 0.3) is 11.3 Å². The summed E-state index contributed by atoms with van der Waals surface area (Å²) in [6.45, 7) is 1.70. The Kier molecular flexibility index (Phi) is 6.14. The van der Waals surface area contributed by atoms with Crippen molar-refractivity contribution in [1.29, 1.82) is 0 Å². The summed E-state index contributed by atoms with van der Waals surface area (Å²) in [6, 6.07) is 15.9. The number of rotatable bonds is 6. The lowest BCUT2D eigenvalue weighted by molar-refractivity contribution is 0.0891. The van der Waals surface area contributed by atoms with E-state index in [2.05, 4.69) is 34.4 Å². The van der Waals surface area contributed by atoms with E-state index >= 15 is 0 Å². The molecule has 1 amide bonds. The number of ether oxygens (including phenoxy) is 1. The second kappa shape index (κ2) is 9.13. The monoisotopic (exact) mass is 405 g/mol. The number of nitrogens with zero attached hydrogens (tertiary/aromatic N) is 2. The van der Waals surface area contributed by atoms with Gasteiger partial charge < -0.3 is 14.5 Å². The fourth-order valence-corrected chi connectivity index (χ4v) is 4.27. The van der Waals surface area contributed by atoms with Crippen LogP contribution in [0.1, 0.15) is 34.8 Å². The van der Waals surface area contributed by atoms with Crippen LogP contribution >= 0.6 is 0 Å². The van der Waals surface area contributed by atoms with E-state index in [-0.39, 0.29) is 11.9 Å². The molecule has 30 heavy (non-hydrogen) atoms. The van der Waals surface area contributed by atoms with E-state index in [4.69, 9.17) is 9.15 Å². The Bertz CT molecular complexity index is 952. The number of hydrogen-bond acceptors (Lipinski definition) is 5. The SMILES string of the molecule is COc1ccc(C2C(CNC(=O)c3ccc(-c4cnco4)cc3)CCCN2C)cc1. The average molecular weight is 405 g/mol. The van der Waals surface area contributed by atoms with E-state index in [0.29, 0.717) is 23.8 Å². The lowest BCUT2D eigenvalue weighted by atomic mass is 9.85. The van der Waals surface area contributed by atoms with Crippen molar-refractivity contribution in [2.75, 3.05) is 27.2 Å². The summed E-state index contributed by atoms with van der Waals surface area (Å²) >= 11 is 0. The lowest BCUT2D eigenvalue weighted by Crippen LogP contribution is -2.41. The van der Waals surface area contributed by atoms with Crippen LogP contribution < -0.4 is 10.1 Å². The Morgan fingerprint density at radius 2 is 1.97 bits per heavy atom. The molecule has 3 aromatic rings.